The number of sulfonamides is 1. The van der Waals surface area contributed by atoms with Gasteiger partial charge in [-0.3, -0.25) is 4.79 Å². The van der Waals surface area contributed by atoms with Gasteiger partial charge in [-0.2, -0.15) is 4.72 Å². The molecule has 2 N–H and O–H groups in total. The summed E-state index contributed by atoms with van der Waals surface area (Å²) in [6.45, 7) is 7.38. The second kappa shape index (κ2) is 8.61. The minimum Gasteiger partial charge on any atom is -0.348 e. The third kappa shape index (κ3) is 5.01. The van der Waals surface area contributed by atoms with Crippen LogP contribution in [0.2, 0.25) is 0 Å². The Balaban J connectivity index is 1.80. The molecule has 154 valence electrons. The maximum Gasteiger partial charge on any atom is 0.241 e. The highest BCUT2D eigenvalue weighted by Gasteiger charge is 2.29. The average molecular weight is 432 g/mol. The van der Waals surface area contributed by atoms with E-state index in [1.165, 1.54) is 17.4 Å². The van der Waals surface area contributed by atoms with Crippen molar-refractivity contribution >= 4 is 37.5 Å². The van der Waals surface area contributed by atoms with Gasteiger partial charge in [0.2, 0.25) is 15.9 Å². The molecule has 1 aromatic heterocycles. The summed E-state index contributed by atoms with van der Waals surface area (Å²) >= 11 is 1.44. The fourth-order valence-corrected chi connectivity index (χ4v) is 5.35. The molecule has 0 saturated heterocycles. The van der Waals surface area contributed by atoms with Crippen molar-refractivity contribution in [2.45, 2.75) is 44.7 Å². The molecule has 8 heteroatoms. The van der Waals surface area contributed by atoms with Crippen LogP contribution in [0.15, 0.2) is 53.4 Å². The number of rotatable bonds is 7. The zero-order valence-electron chi connectivity index (χ0n) is 16.8. The van der Waals surface area contributed by atoms with Gasteiger partial charge in [0, 0.05) is 0 Å². The first-order valence-corrected chi connectivity index (χ1v) is 11.7. The Morgan fingerprint density at radius 3 is 2.41 bits per heavy atom. The number of amides is 1. The van der Waals surface area contributed by atoms with Gasteiger partial charge in [-0.1, -0.05) is 44.2 Å². The van der Waals surface area contributed by atoms with Crippen LogP contribution in [0, 0.1) is 12.8 Å². The zero-order chi connectivity index (χ0) is 21.2. The summed E-state index contributed by atoms with van der Waals surface area (Å²) in [6.07, 6.45) is 0. The Hall–Kier alpha value is -2.29. The van der Waals surface area contributed by atoms with Crippen molar-refractivity contribution in [3.8, 4) is 0 Å². The van der Waals surface area contributed by atoms with E-state index >= 15 is 0 Å². The van der Waals surface area contributed by atoms with Crippen LogP contribution in [-0.2, 0) is 14.8 Å². The van der Waals surface area contributed by atoms with E-state index in [2.05, 4.69) is 15.0 Å². The van der Waals surface area contributed by atoms with Crippen molar-refractivity contribution in [2.24, 2.45) is 5.92 Å². The highest BCUT2D eigenvalue weighted by molar-refractivity contribution is 7.89. The standard InChI is InChI=1S/C21H25N3O3S2/c1-13(2)20(21(25)22-14(3)16-8-6-5-7-9-16)24-29(26,27)17-10-11-18-19(12-17)28-15(4)23-18/h5-14,20,24H,1-4H3,(H,22,25)/t14-,20+/m0/s1. The molecule has 0 aliphatic rings. The number of thiazole rings is 1. The van der Waals surface area contributed by atoms with Gasteiger partial charge in [-0.25, -0.2) is 13.4 Å². The molecule has 2 aromatic carbocycles. The van der Waals surface area contributed by atoms with E-state index in [-0.39, 0.29) is 22.8 Å². The molecule has 2 atom stereocenters. The highest BCUT2D eigenvalue weighted by atomic mass is 32.2. The van der Waals surface area contributed by atoms with Crippen LogP contribution in [0.4, 0.5) is 0 Å². The number of nitrogens with zero attached hydrogens (tertiary/aromatic N) is 1. The van der Waals surface area contributed by atoms with E-state index in [0.29, 0.717) is 0 Å². The summed E-state index contributed by atoms with van der Waals surface area (Å²) < 4.78 is 29.3. The van der Waals surface area contributed by atoms with Crippen LogP contribution in [0.1, 0.15) is 37.4 Å². The molecule has 0 aliphatic heterocycles. The van der Waals surface area contributed by atoms with Crippen LogP contribution in [0.25, 0.3) is 10.2 Å². The molecular formula is C21H25N3O3S2. The predicted molar refractivity (Wildman–Crippen MR) is 116 cm³/mol. The van der Waals surface area contributed by atoms with Gasteiger partial charge < -0.3 is 5.32 Å². The lowest BCUT2D eigenvalue weighted by atomic mass is 10.0. The van der Waals surface area contributed by atoms with E-state index in [1.807, 2.05) is 58.0 Å². The van der Waals surface area contributed by atoms with Crippen molar-refractivity contribution in [1.29, 1.82) is 0 Å². The molecule has 0 fully saturated rings. The number of benzene rings is 2. The summed E-state index contributed by atoms with van der Waals surface area (Å²) in [4.78, 5) is 17.3. The SMILES string of the molecule is Cc1nc2ccc(S(=O)(=O)N[C@@H](C(=O)N[C@@H](C)c3ccccc3)C(C)C)cc2s1. The van der Waals surface area contributed by atoms with Crippen LogP contribution in [-0.4, -0.2) is 25.4 Å². The van der Waals surface area contributed by atoms with Crippen LogP contribution in [0.5, 0.6) is 0 Å². The molecule has 0 radical (unpaired) electrons. The molecule has 0 unspecified atom stereocenters. The average Bonchev–Trinajstić information content (AvgIpc) is 3.05. The normalized spacial score (nSPS) is 14.1. The molecule has 3 rings (SSSR count). The minimum absolute atomic E-state index is 0.128. The molecule has 6 nitrogen and oxygen atoms in total. The number of carbonyl (C=O) groups excluding carboxylic acids is 1. The number of hydrogen-bond acceptors (Lipinski definition) is 5. The van der Waals surface area contributed by atoms with E-state index in [9.17, 15) is 13.2 Å². The van der Waals surface area contributed by atoms with E-state index < -0.39 is 16.1 Å². The van der Waals surface area contributed by atoms with E-state index in [4.69, 9.17) is 0 Å². The quantitative estimate of drug-likeness (QED) is 0.596. The Kier molecular flexibility index (Phi) is 6.36. The lowest BCUT2D eigenvalue weighted by molar-refractivity contribution is -0.124. The fourth-order valence-electron chi connectivity index (χ4n) is 3.04. The highest BCUT2D eigenvalue weighted by Crippen LogP contribution is 2.25. The molecule has 29 heavy (non-hydrogen) atoms. The smallest absolute Gasteiger partial charge is 0.241 e. The molecule has 3 aromatic rings. The first kappa shape index (κ1) is 21.4. The van der Waals surface area contributed by atoms with Gasteiger partial charge in [0.25, 0.3) is 0 Å². The zero-order valence-corrected chi connectivity index (χ0v) is 18.5. The van der Waals surface area contributed by atoms with E-state index in [0.717, 1.165) is 20.8 Å². The third-order valence-corrected chi connectivity index (χ3v) is 7.04. The lowest BCUT2D eigenvalue weighted by Gasteiger charge is -2.24. The molecule has 0 saturated carbocycles. The maximum atomic E-state index is 13.0. The first-order chi connectivity index (χ1) is 13.7. The Morgan fingerprint density at radius 1 is 1.07 bits per heavy atom. The van der Waals surface area contributed by atoms with E-state index in [1.54, 1.807) is 12.1 Å². The minimum atomic E-state index is -3.86. The van der Waals surface area contributed by atoms with Gasteiger partial charge >= 0.3 is 0 Å². The Morgan fingerprint density at radius 2 is 1.76 bits per heavy atom. The van der Waals surface area contributed by atoms with Gasteiger partial charge in [0.1, 0.15) is 6.04 Å². The molecule has 0 aliphatic carbocycles. The van der Waals surface area contributed by atoms with Crippen molar-refractivity contribution in [1.82, 2.24) is 15.0 Å². The van der Waals surface area contributed by atoms with Crippen LogP contribution >= 0.6 is 11.3 Å². The summed E-state index contributed by atoms with van der Waals surface area (Å²) in [7, 11) is -3.86. The number of hydrogen-bond donors (Lipinski definition) is 2. The van der Waals surface area contributed by atoms with Crippen LogP contribution in [0.3, 0.4) is 0 Å². The van der Waals surface area contributed by atoms with Gasteiger partial charge in [-0.15, -0.1) is 11.3 Å². The second-order valence-electron chi connectivity index (χ2n) is 7.35. The Bertz CT molecular complexity index is 1110. The topological polar surface area (TPSA) is 88.2 Å². The lowest BCUT2D eigenvalue weighted by Crippen LogP contribution is -2.50. The molecular weight excluding hydrogens is 406 g/mol. The third-order valence-electron chi connectivity index (χ3n) is 4.67. The number of aromatic nitrogens is 1. The number of fused-ring (bicyclic) bond motifs is 1. The molecule has 1 amide bonds. The second-order valence-corrected chi connectivity index (χ2v) is 10.3. The van der Waals surface area contributed by atoms with Gasteiger partial charge in [0.05, 0.1) is 26.2 Å². The van der Waals surface area contributed by atoms with Crippen molar-refractivity contribution < 1.29 is 13.2 Å². The summed E-state index contributed by atoms with van der Waals surface area (Å²) in [5.41, 5.74) is 1.72. The molecule has 0 bridgehead atoms. The summed E-state index contributed by atoms with van der Waals surface area (Å²) in [5, 5.41) is 3.78. The first-order valence-electron chi connectivity index (χ1n) is 9.42. The monoisotopic (exact) mass is 431 g/mol. The maximum absolute atomic E-state index is 13.0. The summed E-state index contributed by atoms with van der Waals surface area (Å²) in [6, 6.07) is 13.2. The Labute approximate surface area is 175 Å². The largest absolute Gasteiger partial charge is 0.348 e. The van der Waals surface area contributed by atoms with Crippen LogP contribution < -0.4 is 10.0 Å². The predicted octanol–water partition coefficient (Wildman–Crippen LogP) is 3.79. The number of nitrogens with one attached hydrogen (secondary N) is 2. The van der Waals surface area contributed by atoms with Gasteiger partial charge in [0.15, 0.2) is 0 Å². The van der Waals surface area contributed by atoms with Crippen molar-refractivity contribution in [3.05, 3.63) is 59.1 Å². The number of aryl methyl sites for hydroxylation is 1. The van der Waals surface area contributed by atoms with Crippen molar-refractivity contribution in [2.75, 3.05) is 0 Å². The van der Waals surface area contributed by atoms with Crippen molar-refractivity contribution in [3.63, 3.8) is 0 Å². The molecule has 0 spiro atoms. The molecule has 1 heterocycles. The summed E-state index contributed by atoms with van der Waals surface area (Å²) in [5.74, 6) is -0.572. The van der Waals surface area contributed by atoms with Gasteiger partial charge in [-0.05, 0) is 43.5 Å². The fraction of sp³-hybridized carbons (Fsp3) is 0.333. The number of carbonyl (C=O) groups is 1.